The molecule has 0 aromatic heterocycles. The van der Waals surface area contributed by atoms with Gasteiger partial charge in [-0.2, -0.15) is 0 Å². The molecule has 1 saturated carbocycles. The average Bonchev–Trinajstić information content (AvgIpc) is 2.80. The molecule has 0 unspecified atom stereocenters. The maximum atomic E-state index is 12.3. The first-order valence-electron chi connectivity index (χ1n) is 10.9. The molecule has 6 nitrogen and oxygen atoms in total. The summed E-state index contributed by atoms with van der Waals surface area (Å²) >= 11 is 0. The number of hydrogen-bond donors (Lipinski definition) is 2. The monoisotopic (exact) mass is 425 g/mol. The zero-order chi connectivity index (χ0) is 21.9. The number of benzene rings is 2. The predicted octanol–water partition coefficient (Wildman–Crippen LogP) is 4.45. The lowest BCUT2D eigenvalue weighted by Crippen LogP contribution is -2.31. The molecule has 0 aliphatic heterocycles. The van der Waals surface area contributed by atoms with E-state index in [2.05, 4.69) is 29.6 Å². The van der Waals surface area contributed by atoms with Gasteiger partial charge in [-0.3, -0.25) is 0 Å². The number of rotatable bonds is 10. The average molecular weight is 426 g/mol. The maximum absolute atomic E-state index is 12.3. The van der Waals surface area contributed by atoms with Crippen molar-refractivity contribution < 1.29 is 24.2 Å². The van der Waals surface area contributed by atoms with Crippen molar-refractivity contribution in [1.82, 2.24) is 5.32 Å². The summed E-state index contributed by atoms with van der Waals surface area (Å²) in [5.41, 5.74) is 2.30. The van der Waals surface area contributed by atoms with Crippen LogP contribution in [-0.2, 0) is 14.3 Å². The topological polar surface area (TPSA) is 84.9 Å². The minimum absolute atomic E-state index is 0.0659. The molecule has 0 atom stereocenters. The second-order valence-electron chi connectivity index (χ2n) is 8.15. The number of nitrogens with one attached hydrogen (secondary N) is 1. The third-order valence-corrected chi connectivity index (χ3v) is 5.85. The van der Waals surface area contributed by atoms with E-state index in [1.165, 1.54) is 0 Å². The molecule has 0 bridgehead atoms. The van der Waals surface area contributed by atoms with E-state index in [0.29, 0.717) is 31.6 Å². The van der Waals surface area contributed by atoms with Crippen LogP contribution in [0.25, 0.3) is 0 Å². The quantitative estimate of drug-likeness (QED) is 0.587. The molecule has 1 aliphatic rings. The van der Waals surface area contributed by atoms with E-state index in [1.807, 2.05) is 36.4 Å². The van der Waals surface area contributed by atoms with E-state index in [9.17, 15) is 9.59 Å². The number of ether oxygens (including phenoxy) is 2. The van der Waals surface area contributed by atoms with E-state index in [1.54, 1.807) is 0 Å². The molecule has 2 aromatic carbocycles. The van der Waals surface area contributed by atoms with Gasteiger partial charge in [-0.15, -0.1) is 0 Å². The van der Waals surface area contributed by atoms with E-state index in [4.69, 9.17) is 14.6 Å². The minimum Gasteiger partial charge on any atom is -0.480 e. The SMILES string of the molecule is O=C(O)COCC1CCC(COC(=O)NCC(c2ccccc2)c2ccccc2)CC1. The van der Waals surface area contributed by atoms with Gasteiger partial charge in [0.05, 0.1) is 13.2 Å². The fourth-order valence-corrected chi connectivity index (χ4v) is 4.11. The number of amides is 1. The van der Waals surface area contributed by atoms with Gasteiger partial charge in [0.1, 0.15) is 6.61 Å². The zero-order valence-corrected chi connectivity index (χ0v) is 17.7. The Bertz CT molecular complexity index is 764. The van der Waals surface area contributed by atoms with Crippen molar-refractivity contribution in [3.8, 4) is 0 Å². The first-order valence-corrected chi connectivity index (χ1v) is 10.9. The third kappa shape index (κ3) is 7.72. The molecule has 1 fully saturated rings. The second kappa shape index (κ2) is 12.1. The normalized spacial score (nSPS) is 18.5. The Morgan fingerprint density at radius 3 is 1.90 bits per heavy atom. The van der Waals surface area contributed by atoms with Crippen LogP contribution in [0.1, 0.15) is 42.7 Å². The van der Waals surface area contributed by atoms with Crippen molar-refractivity contribution in [2.24, 2.45) is 11.8 Å². The molecular weight excluding hydrogens is 394 g/mol. The number of carboxylic acids is 1. The molecule has 2 N–H and O–H groups in total. The standard InChI is InChI=1S/C25H31NO5/c27-24(28)18-30-16-19-11-13-20(14-12-19)17-31-25(29)26-15-23(21-7-3-1-4-8-21)22-9-5-2-6-10-22/h1-10,19-20,23H,11-18H2,(H,26,29)(H,27,28). The highest BCUT2D eigenvalue weighted by Gasteiger charge is 2.23. The van der Waals surface area contributed by atoms with Crippen LogP contribution < -0.4 is 5.32 Å². The number of alkyl carbamates (subject to hydrolysis) is 1. The Morgan fingerprint density at radius 2 is 1.39 bits per heavy atom. The van der Waals surface area contributed by atoms with E-state index in [0.717, 1.165) is 36.8 Å². The highest BCUT2D eigenvalue weighted by molar-refractivity contribution is 5.68. The number of carboxylic acid groups (broad SMARTS) is 1. The lowest BCUT2D eigenvalue weighted by Gasteiger charge is -2.28. The Kier molecular flexibility index (Phi) is 8.91. The molecule has 6 heteroatoms. The van der Waals surface area contributed by atoms with Crippen LogP contribution in [0.4, 0.5) is 4.79 Å². The van der Waals surface area contributed by atoms with Crippen molar-refractivity contribution in [2.45, 2.75) is 31.6 Å². The largest absolute Gasteiger partial charge is 0.480 e. The highest BCUT2D eigenvalue weighted by atomic mass is 16.5. The lowest BCUT2D eigenvalue weighted by molar-refractivity contribution is -0.142. The molecule has 2 aromatic rings. The number of hydrogen-bond acceptors (Lipinski definition) is 4. The van der Waals surface area contributed by atoms with Gasteiger partial charge in [0.15, 0.2) is 0 Å². The summed E-state index contributed by atoms with van der Waals surface area (Å²) in [6.07, 6.45) is 3.48. The highest BCUT2D eigenvalue weighted by Crippen LogP contribution is 2.29. The first kappa shape index (κ1) is 22.8. The summed E-state index contributed by atoms with van der Waals surface area (Å²) in [5.74, 6) is -0.131. The Hall–Kier alpha value is -2.86. The molecule has 166 valence electrons. The molecule has 0 radical (unpaired) electrons. The molecule has 3 rings (SSSR count). The van der Waals surface area contributed by atoms with Crippen molar-refractivity contribution >= 4 is 12.1 Å². The van der Waals surface area contributed by atoms with Crippen LogP contribution in [0, 0.1) is 11.8 Å². The summed E-state index contributed by atoms with van der Waals surface area (Å²) in [6, 6.07) is 20.3. The van der Waals surface area contributed by atoms with Crippen molar-refractivity contribution in [1.29, 1.82) is 0 Å². The van der Waals surface area contributed by atoms with E-state index in [-0.39, 0.29) is 18.6 Å². The van der Waals surface area contributed by atoms with Crippen LogP contribution in [0.3, 0.4) is 0 Å². The van der Waals surface area contributed by atoms with Crippen LogP contribution in [0.15, 0.2) is 60.7 Å². The maximum Gasteiger partial charge on any atom is 0.407 e. The summed E-state index contributed by atoms with van der Waals surface area (Å²) < 4.78 is 10.7. The van der Waals surface area contributed by atoms with Gasteiger partial charge >= 0.3 is 12.1 Å². The number of carbonyl (C=O) groups is 2. The molecule has 1 amide bonds. The smallest absolute Gasteiger partial charge is 0.407 e. The summed E-state index contributed by atoms with van der Waals surface area (Å²) in [7, 11) is 0. The van der Waals surface area contributed by atoms with Crippen LogP contribution in [-0.4, -0.2) is 43.5 Å². The molecule has 0 saturated heterocycles. The van der Waals surface area contributed by atoms with Crippen molar-refractivity contribution in [3.05, 3.63) is 71.8 Å². The molecule has 31 heavy (non-hydrogen) atoms. The van der Waals surface area contributed by atoms with Crippen molar-refractivity contribution in [2.75, 3.05) is 26.4 Å². The Labute approximate surface area is 183 Å². The van der Waals surface area contributed by atoms with Crippen LogP contribution >= 0.6 is 0 Å². The third-order valence-electron chi connectivity index (χ3n) is 5.85. The lowest BCUT2D eigenvalue weighted by atomic mass is 9.83. The summed E-state index contributed by atoms with van der Waals surface area (Å²) in [6.45, 7) is 1.13. The van der Waals surface area contributed by atoms with Gasteiger partial charge in [-0.05, 0) is 48.6 Å². The fourth-order valence-electron chi connectivity index (χ4n) is 4.11. The summed E-state index contributed by atoms with van der Waals surface area (Å²) in [4.78, 5) is 22.8. The van der Waals surface area contributed by atoms with E-state index >= 15 is 0 Å². The molecule has 0 spiro atoms. The predicted molar refractivity (Wildman–Crippen MR) is 118 cm³/mol. The van der Waals surface area contributed by atoms with Crippen molar-refractivity contribution in [3.63, 3.8) is 0 Å². The van der Waals surface area contributed by atoms with Gasteiger partial charge in [0, 0.05) is 12.5 Å². The van der Waals surface area contributed by atoms with Crippen LogP contribution in [0.5, 0.6) is 0 Å². The Morgan fingerprint density at radius 1 is 0.871 bits per heavy atom. The van der Waals surface area contributed by atoms with Gasteiger partial charge in [-0.1, -0.05) is 60.7 Å². The molecule has 0 heterocycles. The zero-order valence-electron chi connectivity index (χ0n) is 17.7. The Balaban J connectivity index is 1.41. The van der Waals surface area contributed by atoms with Gasteiger partial charge in [-0.25, -0.2) is 9.59 Å². The van der Waals surface area contributed by atoms with Crippen LogP contribution in [0.2, 0.25) is 0 Å². The van der Waals surface area contributed by atoms with Gasteiger partial charge in [0.25, 0.3) is 0 Å². The number of aliphatic carboxylic acids is 1. The molecule has 1 aliphatic carbocycles. The van der Waals surface area contributed by atoms with Gasteiger partial charge < -0.3 is 19.9 Å². The fraction of sp³-hybridized carbons (Fsp3) is 0.440. The minimum atomic E-state index is -0.935. The number of carbonyl (C=O) groups excluding carboxylic acids is 1. The first-order chi connectivity index (χ1) is 15.1. The van der Waals surface area contributed by atoms with Gasteiger partial charge in [0.2, 0.25) is 0 Å². The summed E-state index contributed by atoms with van der Waals surface area (Å²) in [5, 5.41) is 11.6. The van der Waals surface area contributed by atoms with E-state index < -0.39 is 5.97 Å². The molecular formula is C25H31NO5. The second-order valence-corrected chi connectivity index (χ2v) is 8.15.